The van der Waals surface area contributed by atoms with Gasteiger partial charge in [-0.1, -0.05) is 50.2 Å². The number of carbonyl (C=O) groups is 2. The predicted molar refractivity (Wildman–Crippen MR) is 119 cm³/mol. The molecule has 0 amide bonds. The highest BCUT2D eigenvalue weighted by Crippen LogP contribution is 2.18. The SMILES string of the molecule is CC(C)COc1ccc(C(=O)Oc2cccc(C(=O)OCCc3ccccc3)c2)cc1. The number of carbonyl (C=O) groups excluding carboxylic acids is 2. The zero-order chi connectivity index (χ0) is 22.1. The minimum absolute atomic E-state index is 0.276. The van der Waals surface area contributed by atoms with Crippen molar-refractivity contribution in [1.82, 2.24) is 0 Å². The van der Waals surface area contributed by atoms with Gasteiger partial charge in [0.05, 0.1) is 24.3 Å². The Kier molecular flexibility index (Phi) is 7.82. The van der Waals surface area contributed by atoms with Gasteiger partial charge in [-0.2, -0.15) is 0 Å². The highest BCUT2D eigenvalue weighted by Gasteiger charge is 2.12. The first-order valence-electron chi connectivity index (χ1n) is 10.3. The average Bonchev–Trinajstić information content (AvgIpc) is 2.79. The Morgan fingerprint density at radius 2 is 1.52 bits per heavy atom. The summed E-state index contributed by atoms with van der Waals surface area (Å²) < 4.78 is 16.4. The molecule has 0 heterocycles. The van der Waals surface area contributed by atoms with Gasteiger partial charge in [-0.3, -0.25) is 0 Å². The molecule has 0 atom stereocenters. The molecule has 160 valence electrons. The summed E-state index contributed by atoms with van der Waals surface area (Å²) in [6.45, 7) is 5.02. The van der Waals surface area contributed by atoms with Crippen LogP contribution in [0.5, 0.6) is 11.5 Å². The third-order valence-electron chi connectivity index (χ3n) is 4.42. The van der Waals surface area contributed by atoms with E-state index in [0.29, 0.717) is 35.8 Å². The minimum atomic E-state index is -0.509. The molecule has 0 aromatic heterocycles. The van der Waals surface area contributed by atoms with E-state index in [-0.39, 0.29) is 12.4 Å². The Hall–Kier alpha value is -3.60. The summed E-state index contributed by atoms with van der Waals surface area (Å²) in [5.41, 5.74) is 1.82. The number of rotatable bonds is 9. The van der Waals surface area contributed by atoms with Crippen molar-refractivity contribution in [2.24, 2.45) is 5.92 Å². The molecule has 3 aromatic rings. The zero-order valence-electron chi connectivity index (χ0n) is 17.7. The third-order valence-corrected chi connectivity index (χ3v) is 4.42. The van der Waals surface area contributed by atoms with Crippen LogP contribution in [0.4, 0.5) is 0 Å². The molecule has 0 fully saturated rings. The van der Waals surface area contributed by atoms with Gasteiger partial charge in [0.1, 0.15) is 11.5 Å². The second-order valence-electron chi connectivity index (χ2n) is 7.52. The molecule has 0 aliphatic heterocycles. The maximum absolute atomic E-state index is 12.4. The summed E-state index contributed by atoms with van der Waals surface area (Å²) >= 11 is 0. The van der Waals surface area contributed by atoms with E-state index < -0.39 is 11.9 Å². The van der Waals surface area contributed by atoms with Crippen molar-refractivity contribution in [2.45, 2.75) is 20.3 Å². The van der Waals surface area contributed by atoms with E-state index in [0.717, 1.165) is 5.56 Å². The van der Waals surface area contributed by atoms with Crippen molar-refractivity contribution in [3.8, 4) is 11.5 Å². The van der Waals surface area contributed by atoms with E-state index in [9.17, 15) is 9.59 Å². The second-order valence-corrected chi connectivity index (χ2v) is 7.52. The van der Waals surface area contributed by atoms with E-state index in [4.69, 9.17) is 14.2 Å². The smallest absolute Gasteiger partial charge is 0.343 e. The second kappa shape index (κ2) is 11.0. The lowest BCUT2D eigenvalue weighted by molar-refractivity contribution is 0.0507. The first kappa shape index (κ1) is 22.1. The van der Waals surface area contributed by atoms with Gasteiger partial charge >= 0.3 is 11.9 Å². The molecule has 0 spiro atoms. The topological polar surface area (TPSA) is 61.8 Å². The van der Waals surface area contributed by atoms with Crippen molar-refractivity contribution < 1.29 is 23.8 Å². The van der Waals surface area contributed by atoms with Gasteiger partial charge in [0.15, 0.2) is 0 Å². The summed E-state index contributed by atoms with van der Waals surface area (Å²) in [5, 5.41) is 0. The molecule has 0 aliphatic carbocycles. The largest absolute Gasteiger partial charge is 0.493 e. The highest BCUT2D eigenvalue weighted by atomic mass is 16.5. The standard InChI is InChI=1S/C26H26O5/c1-19(2)18-30-23-13-11-21(12-14-23)26(28)31-24-10-6-9-22(17-24)25(27)29-16-15-20-7-4-3-5-8-20/h3-14,17,19H,15-16,18H2,1-2H3. The molecule has 0 saturated carbocycles. The summed E-state index contributed by atoms with van der Waals surface area (Å²) in [7, 11) is 0. The molecular weight excluding hydrogens is 392 g/mol. The van der Waals surface area contributed by atoms with Crippen LogP contribution in [0.25, 0.3) is 0 Å². The first-order chi connectivity index (χ1) is 15.0. The zero-order valence-corrected chi connectivity index (χ0v) is 17.7. The number of ether oxygens (including phenoxy) is 3. The normalized spacial score (nSPS) is 10.5. The molecule has 0 radical (unpaired) electrons. The van der Waals surface area contributed by atoms with Crippen molar-refractivity contribution in [3.05, 3.63) is 95.6 Å². The molecule has 0 unspecified atom stereocenters. The molecule has 0 bridgehead atoms. The molecule has 5 heteroatoms. The van der Waals surface area contributed by atoms with Gasteiger partial charge in [-0.05, 0) is 53.9 Å². The summed E-state index contributed by atoms with van der Waals surface area (Å²) in [6, 6.07) is 23.0. The van der Waals surface area contributed by atoms with Gasteiger partial charge < -0.3 is 14.2 Å². The molecule has 5 nitrogen and oxygen atoms in total. The van der Waals surface area contributed by atoms with Gasteiger partial charge in [-0.15, -0.1) is 0 Å². The Morgan fingerprint density at radius 3 is 2.23 bits per heavy atom. The van der Waals surface area contributed by atoms with Crippen molar-refractivity contribution in [2.75, 3.05) is 13.2 Å². The molecule has 0 aliphatic rings. The Morgan fingerprint density at radius 1 is 0.774 bits per heavy atom. The minimum Gasteiger partial charge on any atom is -0.493 e. The lowest BCUT2D eigenvalue weighted by Crippen LogP contribution is -2.11. The van der Waals surface area contributed by atoms with Gasteiger partial charge in [-0.25, -0.2) is 9.59 Å². The molecular formula is C26H26O5. The van der Waals surface area contributed by atoms with Crippen LogP contribution in [0.2, 0.25) is 0 Å². The van der Waals surface area contributed by atoms with Crippen molar-refractivity contribution >= 4 is 11.9 Å². The van der Waals surface area contributed by atoms with Crippen LogP contribution in [-0.2, 0) is 11.2 Å². The van der Waals surface area contributed by atoms with E-state index in [1.165, 1.54) is 6.07 Å². The van der Waals surface area contributed by atoms with E-state index in [1.54, 1.807) is 42.5 Å². The Labute approximate surface area is 182 Å². The molecule has 31 heavy (non-hydrogen) atoms. The maximum Gasteiger partial charge on any atom is 0.343 e. The number of benzene rings is 3. The van der Waals surface area contributed by atoms with Crippen LogP contribution in [0.3, 0.4) is 0 Å². The van der Waals surface area contributed by atoms with Gasteiger partial charge in [0.2, 0.25) is 0 Å². The molecule has 0 saturated heterocycles. The molecule has 3 aromatic carbocycles. The molecule has 3 rings (SSSR count). The Bertz CT molecular complexity index is 994. The van der Waals surface area contributed by atoms with Crippen LogP contribution in [0, 0.1) is 5.92 Å². The predicted octanol–water partition coefficient (Wildman–Crippen LogP) is 5.34. The lowest BCUT2D eigenvalue weighted by Gasteiger charge is -2.10. The van der Waals surface area contributed by atoms with E-state index >= 15 is 0 Å². The van der Waals surface area contributed by atoms with Crippen LogP contribution in [-0.4, -0.2) is 25.2 Å². The monoisotopic (exact) mass is 418 g/mol. The Balaban J connectivity index is 1.54. The van der Waals surface area contributed by atoms with Crippen LogP contribution in [0.15, 0.2) is 78.9 Å². The van der Waals surface area contributed by atoms with Crippen molar-refractivity contribution in [1.29, 1.82) is 0 Å². The van der Waals surface area contributed by atoms with Crippen molar-refractivity contribution in [3.63, 3.8) is 0 Å². The summed E-state index contributed by atoms with van der Waals surface area (Å²) in [4.78, 5) is 24.7. The number of hydrogen-bond donors (Lipinski definition) is 0. The quantitative estimate of drug-likeness (QED) is 0.347. The van der Waals surface area contributed by atoms with E-state index in [1.807, 2.05) is 30.3 Å². The van der Waals surface area contributed by atoms with E-state index in [2.05, 4.69) is 13.8 Å². The fourth-order valence-corrected chi connectivity index (χ4v) is 2.79. The highest BCUT2D eigenvalue weighted by molar-refractivity contribution is 5.92. The third kappa shape index (κ3) is 7.00. The first-order valence-corrected chi connectivity index (χ1v) is 10.3. The maximum atomic E-state index is 12.4. The fraction of sp³-hybridized carbons (Fsp3) is 0.231. The summed E-state index contributed by atoms with van der Waals surface area (Å²) in [6.07, 6.45) is 0.637. The number of esters is 2. The van der Waals surface area contributed by atoms with Gasteiger partial charge in [0.25, 0.3) is 0 Å². The van der Waals surface area contributed by atoms with Gasteiger partial charge in [0, 0.05) is 6.42 Å². The van der Waals surface area contributed by atoms with Crippen LogP contribution in [0.1, 0.15) is 40.1 Å². The van der Waals surface area contributed by atoms with Crippen LogP contribution >= 0.6 is 0 Å². The molecule has 0 N–H and O–H groups in total. The lowest BCUT2D eigenvalue weighted by atomic mass is 10.2. The fourth-order valence-electron chi connectivity index (χ4n) is 2.79. The summed E-state index contributed by atoms with van der Waals surface area (Å²) in [5.74, 6) is 0.431. The van der Waals surface area contributed by atoms with Crippen LogP contribution < -0.4 is 9.47 Å². The number of hydrogen-bond acceptors (Lipinski definition) is 5. The average molecular weight is 418 g/mol.